The normalized spacial score (nSPS) is 41.4. The number of fused-ring (bicyclic) bond motifs is 1. The van der Waals surface area contributed by atoms with Crippen LogP contribution < -0.4 is 4.90 Å². The van der Waals surface area contributed by atoms with E-state index in [1.165, 1.54) is 28.7 Å². The van der Waals surface area contributed by atoms with E-state index in [-0.39, 0.29) is 52.3 Å². The number of carboxylic acids is 1. The Morgan fingerprint density at radius 3 is 2.53 bits per heavy atom. The zero-order chi connectivity index (χ0) is 27.4. The van der Waals surface area contributed by atoms with E-state index in [0.29, 0.717) is 19.3 Å². The van der Waals surface area contributed by atoms with Crippen molar-refractivity contribution < 1.29 is 24.4 Å². The number of benzene rings is 1. The van der Waals surface area contributed by atoms with E-state index in [4.69, 9.17) is 0 Å². The molecule has 38 heavy (non-hydrogen) atoms. The van der Waals surface area contributed by atoms with Crippen LogP contribution in [-0.2, 0) is 14.4 Å². The monoisotopic (exact) mass is 520 g/mol. The van der Waals surface area contributed by atoms with Crippen LogP contribution in [0.2, 0.25) is 0 Å². The first kappa shape index (κ1) is 25.3. The highest BCUT2D eigenvalue weighted by molar-refractivity contribution is 6.23. The third kappa shape index (κ3) is 3.00. The molecule has 0 aromatic heterocycles. The van der Waals surface area contributed by atoms with Gasteiger partial charge in [-0.2, -0.15) is 0 Å². The molecule has 2 bridgehead atoms. The third-order valence-electron chi connectivity index (χ3n) is 11.5. The lowest BCUT2D eigenvalue weighted by Crippen LogP contribution is -2.65. The summed E-state index contributed by atoms with van der Waals surface area (Å²) in [6.45, 7) is 8.44. The number of aliphatic carboxylic acids is 1. The van der Waals surface area contributed by atoms with Crippen molar-refractivity contribution in [3.05, 3.63) is 46.0 Å². The minimum Gasteiger partial charge on any atom is -0.481 e. The quantitative estimate of drug-likeness (QED) is 0.239. The van der Waals surface area contributed by atoms with Crippen LogP contribution >= 0.6 is 0 Å². The van der Waals surface area contributed by atoms with Crippen molar-refractivity contribution in [3.8, 4) is 0 Å². The maximum Gasteiger partial charge on any atom is 0.309 e. The molecule has 4 fully saturated rings. The van der Waals surface area contributed by atoms with Crippen molar-refractivity contribution in [1.82, 2.24) is 0 Å². The van der Waals surface area contributed by atoms with Crippen molar-refractivity contribution in [2.75, 3.05) is 4.90 Å². The van der Waals surface area contributed by atoms with Crippen LogP contribution in [0.15, 0.2) is 35.9 Å². The van der Waals surface area contributed by atoms with Gasteiger partial charge in [0, 0.05) is 17.5 Å². The molecule has 202 valence electrons. The van der Waals surface area contributed by atoms with E-state index >= 15 is 0 Å². The molecule has 7 rings (SSSR count). The lowest BCUT2D eigenvalue weighted by atomic mass is 9.34. The molecule has 0 radical (unpaired) electrons. The van der Waals surface area contributed by atoms with Gasteiger partial charge in [-0.15, -0.1) is 0 Å². The van der Waals surface area contributed by atoms with Gasteiger partial charge in [-0.1, -0.05) is 44.9 Å². The second-order valence-electron chi connectivity index (χ2n) is 13.3. The number of hydrogen-bond donors (Lipinski definition) is 1. The van der Waals surface area contributed by atoms with E-state index in [2.05, 4.69) is 26.8 Å². The Labute approximate surface area is 222 Å². The molecule has 1 heterocycles. The van der Waals surface area contributed by atoms with Gasteiger partial charge in [0.2, 0.25) is 11.8 Å². The molecule has 6 aliphatic rings. The maximum absolute atomic E-state index is 14.3. The molecule has 1 spiro atoms. The molecule has 1 aromatic rings. The van der Waals surface area contributed by atoms with Gasteiger partial charge in [0.25, 0.3) is 5.69 Å². The first-order chi connectivity index (χ1) is 17.9. The summed E-state index contributed by atoms with van der Waals surface area (Å²) in [5.74, 6) is -1.95. The summed E-state index contributed by atoms with van der Waals surface area (Å²) >= 11 is 0. The summed E-state index contributed by atoms with van der Waals surface area (Å²) in [4.78, 5) is 53.0. The number of carbonyl (C=O) groups is 3. The molecule has 0 unspecified atom stereocenters. The van der Waals surface area contributed by atoms with Gasteiger partial charge < -0.3 is 5.11 Å². The fraction of sp³-hybridized carbons (Fsp3) is 0.633. The highest BCUT2D eigenvalue weighted by atomic mass is 16.6. The van der Waals surface area contributed by atoms with Gasteiger partial charge in [-0.25, -0.2) is 4.90 Å². The lowest BCUT2D eigenvalue weighted by molar-refractivity contribution is -0.384. The number of carboxylic acid groups (broad SMARTS) is 1. The highest BCUT2D eigenvalue weighted by Gasteiger charge is 2.73. The van der Waals surface area contributed by atoms with Crippen molar-refractivity contribution in [3.63, 3.8) is 0 Å². The van der Waals surface area contributed by atoms with Crippen LogP contribution in [-0.4, -0.2) is 27.8 Å². The summed E-state index contributed by atoms with van der Waals surface area (Å²) in [7, 11) is 0. The van der Waals surface area contributed by atoms with E-state index in [1.54, 1.807) is 6.07 Å². The van der Waals surface area contributed by atoms with Crippen molar-refractivity contribution in [2.45, 2.75) is 66.2 Å². The SMILES string of the molecule is CC(C)C1=C[C@@]23CC[C@@H]4[C@](C)(CCC[C@@]4(C)C(=O)O)[C@H]2C[C@H]1[C@H]1C(=O)N(c2cccc([N+](=O)[O-])c2)C(=O)[C@H]13. The number of anilines is 1. The summed E-state index contributed by atoms with van der Waals surface area (Å²) in [6.07, 6.45) is 6.97. The average molecular weight is 521 g/mol. The summed E-state index contributed by atoms with van der Waals surface area (Å²) in [5, 5.41) is 21.7. The minimum absolute atomic E-state index is 0.0191. The summed E-state index contributed by atoms with van der Waals surface area (Å²) in [6, 6.07) is 5.80. The number of amides is 2. The van der Waals surface area contributed by atoms with Crippen molar-refractivity contribution >= 4 is 29.2 Å². The molecule has 1 aromatic carbocycles. The van der Waals surface area contributed by atoms with Crippen LogP contribution in [0.5, 0.6) is 0 Å². The molecule has 1 N–H and O–H groups in total. The van der Waals surface area contributed by atoms with Crippen LogP contribution in [0.1, 0.15) is 66.2 Å². The largest absolute Gasteiger partial charge is 0.481 e. The second kappa shape index (κ2) is 7.99. The van der Waals surface area contributed by atoms with Gasteiger partial charge in [0.05, 0.1) is 27.9 Å². The fourth-order valence-electron chi connectivity index (χ4n) is 9.96. The zero-order valence-electron chi connectivity index (χ0n) is 22.5. The molecule has 3 saturated carbocycles. The van der Waals surface area contributed by atoms with Gasteiger partial charge in [0.1, 0.15) is 0 Å². The van der Waals surface area contributed by atoms with E-state index < -0.39 is 33.6 Å². The summed E-state index contributed by atoms with van der Waals surface area (Å²) < 4.78 is 0. The Balaban J connectivity index is 1.48. The molecule has 8 heteroatoms. The number of non-ortho nitro benzene ring substituents is 1. The number of imide groups is 1. The predicted octanol–water partition coefficient (Wildman–Crippen LogP) is 5.61. The topological polar surface area (TPSA) is 118 Å². The highest BCUT2D eigenvalue weighted by Crippen LogP contribution is 2.74. The Kier molecular flexibility index (Phi) is 5.31. The van der Waals surface area contributed by atoms with Crippen molar-refractivity contribution in [2.24, 2.45) is 51.8 Å². The maximum atomic E-state index is 14.3. The van der Waals surface area contributed by atoms with E-state index in [1.807, 2.05) is 6.92 Å². The Hall–Kier alpha value is -3.03. The molecule has 8 atom stereocenters. The number of rotatable bonds is 4. The van der Waals surface area contributed by atoms with Gasteiger partial charge in [-0.05, 0) is 74.2 Å². The van der Waals surface area contributed by atoms with Crippen LogP contribution in [0.3, 0.4) is 0 Å². The Bertz CT molecular complexity index is 1300. The minimum atomic E-state index is -0.792. The first-order valence-electron chi connectivity index (χ1n) is 13.9. The standard InChI is InChI=1S/C30H36N2O6/c1-16(2)20-15-30-12-9-21-28(3,10-6-11-29(21,4)27(35)36)22(30)14-19(20)23-24(30)26(34)31(25(23)33)17-7-5-8-18(13-17)32(37)38/h5,7-8,13,15-16,19,21-24H,6,9-12,14H2,1-4H3,(H,35,36)/t19-,21-,22-,23-,24+,28+,29-,30+/m1/s1. The number of carbonyl (C=O) groups excluding carboxylic acids is 2. The van der Waals surface area contributed by atoms with Gasteiger partial charge in [-0.3, -0.25) is 24.5 Å². The first-order valence-corrected chi connectivity index (χ1v) is 13.9. The average Bonchev–Trinajstić information content (AvgIpc) is 3.15. The number of nitro benzene ring substituents is 1. The van der Waals surface area contributed by atoms with Crippen LogP contribution in [0.25, 0.3) is 0 Å². The zero-order valence-corrected chi connectivity index (χ0v) is 22.5. The van der Waals surface area contributed by atoms with Crippen molar-refractivity contribution in [1.29, 1.82) is 0 Å². The second-order valence-corrected chi connectivity index (χ2v) is 13.3. The van der Waals surface area contributed by atoms with Crippen LogP contribution in [0, 0.1) is 61.9 Å². The van der Waals surface area contributed by atoms with E-state index in [9.17, 15) is 29.6 Å². The third-order valence-corrected chi connectivity index (χ3v) is 11.5. The Morgan fingerprint density at radius 1 is 1.13 bits per heavy atom. The smallest absolute Gasteiger partial charge is 0.309 e. The molecule has 1 saturated heterocycles. The number of nitro groups is 1. The summed E-state index contributed by atoms with van der Waals surface area (Å²) in [5.41, 5.74) is -0.195. The predicted molar refractivity (Wildman–Crippen MR) is 140 cm³/mol. The lowest BCUT2D eigenvalue weighted by Gasteiger charge is -2.68. The molecule has 5 aliphatic carbocycles. The number of nitrogens with zero attached hydrogens (tertiary/aromatic N) is 2. The van der Waals surface area contributed by atoms with Gasteiger partial charge in [0.15, 0.2) is 0 Å². The number of allylic oxidation sites excluding steroid dienone is 2. The van der Waals surface area contributed by atoms with E-state index in [0.717, 1.165) is 19.3 Å². The van der Waals surface area contributed by atoms with Gasteiger partial charge >= 0.3 is 5.97 Å². The molecule has 1 aliphatic heterocycles. The van der Waals surface area contributed by atoms with Crippen LogP contribution in [0.4, 0.5) is 11.4 Å². The molecular formula is C30H36N2O6. The fourth-order valence-corrected chi connectivity index (χ4v) is 9.96. The number of hydrogen-bond acceptors (Lipinski definition) is 5. The molecule has 8 nitrogen and oxygen atoms in total. The molecular weight excluding hydrogens is 484 g/mol. The Morgan fingerprint density at radius 2 is 1.87 bits per heavy atom. The molecule has 2 amide bonds.